The largest absolute Gasteiger partial charge is 0.326 e. The van der Waals surface area contributed by atoms with E-state index in [9.17, 15) is 26.4 Å². The number of carbonyl (C=O) groups excluding carboxylic acids is 2. The molecule has 4 rings (SSSR count). The van der Waals surface area contributed by atoms with Gasteiger partial charge in [0.2, 0.25) is 15.9 Å². The number of amides is 2. The van der Waals surface area contributed by atoms with Gasteiger partial charge in [-0.1, -0.05) is 30.3 Å². The van der Waals surface area contributed by atoms with Crippen LogP contribution in [0.25, 0.3) is 10.8 Å². The van der Waals surface area contributed by atoms with Crippen LogP contribution in [0.15, 0.2) is 76.5 Å². The maximum absolute atomic E-state index is 13.4. The molecule has 1 fully saturated rings. The molecule has 2 amide bonds. The van der Waals surface area contributed by atoms with Crippen molar-refractivity contribution in [2.24, 2.45) is 0 Å². The second-order valence-electron chi connectivity index (χ2n) is 8.29. The van der Waals surface area contributed by atoms with Gasteiger partial charge in [0.15, 0.2) is 0 Å². The number of hydrogen-bond acceptors (Lipinski definition) is 7. The number of carbonyl (C=O) groups is 2. The molecule has 190 valence electrons. The highest BCUT2D eigenvalue weighted by Gasteiger charge is 2.43. The fourth-order valence-corrected chi connectivity index (χ4v) is 6.94. The van der Waals surface area contributed by atoms with Crippen molar-refractivity contribution in [1.82, 2.24) is 14.6 Å². The van der Waals surface area contributed by atoms with Crippen molar-refractivity contribution in [2.45, 2.75) is 34.4 Å². The van der Waals surface area contributed by atoms with E-state index in [1.807, 2.05) is 17.0 Å². The Bertz CT molecular complexity index is 1520. The fraction of sp³-hybridized carbons (Fsp3) is 0.217. The van der Waals surface area contributed by atoms with Gasteiger partial charge in [-0.25, -0.2) is 16.8 Å². The number of nitrogens with one attached hydrogen (secondary N) is 3. The van der Waals surface area contributed by atoms with E-state index in [2.05, 4.69) is 23.4 Å². The summed E-state index contributed by atoms with van der Waals surface area (Å²) in [7, 11) is -8.22. The standard InChI is InChI=1S/C23H24N4O6S3/c1-15(28)24-18-7-10-20(11-8-18)35(30,31)26-25-23(29)22-13-19(34)14-27(22)36(32,33)21-9-6-16-4-2-3-5-17(16)12-21/h2-12,19,22,26,34H,13-14H2,1H3,(H,24,28)(H,25,29). The zero-order chi connectivity index (χ0) is 26.1. The average molecular weight is 549 g/mol. The third-order valence-corrected chi connectivity index (χ3v) is 9.17. The highest BCUT2D eigenvalue weighted by atomic mass is 32.2. The van der Waals surface area contributed by atoms with E-state index in [4.69, 9.17) is 0 Å². The Morgan fingerprint density at radius 3 is 2.22 bits per heavy atom. The number of nitrogens with zero attached hydrogens (tertiary/aromatic N) is 1. The van der Waals surface area contributed by atoms with Crippen molar-refractivity contribution >= 4 is 60.9 Å². The molecule has 13 heteroatoms. The molecule has 1 aliphatic rings. The third-order valence-electron chi connectivity index (χ3n) is 5.66. The lowest BCUT2D eigenvalue weighted by molar-refractivity contribution is -0.124. The Balaban J connectivity index is 1.50. The molecule has 1 heterocycles. The molecule has 0 saturated carbocycles. The maximum Gasteiger partial charge on any atom is 0.257 e. The van der Waals surface area contributed by atoms with Gasteiger partial charge in [0.1, 0.15) is 6.04 Å². The van der Waals surface area contributed by atoms with Crippen molar-refractivity contribution in [3.63, 3.8) is 0 Å². The van der Waals surface area contributed by atoms with E-state index in [-0.39, 0.29) is 28.7 Å². The molecule has 0 aliphatic carbocycles. The van der Waals surface area contributed by atoms with Crippen LogP contribution in [0.4, 0.5) is 5.69 Å². The van der Waals surface area contributed by atoms with Gasteiger partial charge in [-0.3, -0.25) is 15.0 Å². The Kier molecular flexibility index (Phi) is 7.38. The monoisotopic (exact) mass is 548 g/mol. The number of anilines is 1. The van der Waals surface area contributed by atoms with Crippen LogP contribution >= 0.6 is 12.6 Å². The SMILES string of the molecule is CC(=O)Nc1ccc(S(=O)(=O)NNC(=O)C2CC(S)CN2S(=O)(=O)c2ccc3ccccc3c2)cc1. The van der Waals surface area contributed by atoms with Crippen LogP contribution in [0.3, 0.4) is 0 Å². The first-order valence-corrected chi connectivity index (χ1v) is 14.3. The summed E-state index contributed by atoms with van der Waals surface area (Å²) >= 11 is 4.37. The normalized spacial score (nSPS) is 18.7. The minimum atomic E-state index is -4.15. The van der Waals surface area contributed by atoms with Crippen LogP contribution in [0.5, 0.6) is 0 Å². The van der Waals surface area contributed by atoms with Gasteiger partial charge in [0, 0.05) is 24.4 Å². The highest BCUT2D eigenvalue weighted by Crippen LogP contribution is 2.30. The first-order valence-electron chi connectivity index (χ1n) is 10.9. The van der Waals surface area contributed by atoms with Crippen LogP contribution in [-0.4, -0.2) is 50.8 Å². The highest BCUT2D eigenvalue weighted by molar-refractivity contribution is 7.89. The van der Waals surface area contributed by atoms with Crippen LogP contribution in [0, 0.1) is 0 Å². The molecule has 36 heavy (non-hydrogen) atoms. The minimum Gasteiger partial charge on any atom is -0.326 e. The molecule has 3 aromatic rings. The average Bonchev–Trinajstić information content (AvgIpc) is 3.25. The number of thiol groups is 1. The first-order chi connectivity index (χ1) is 17.0. The number of hydrogen-bond donors (Lipinski definition) is 4. The Morgan fingerprint density at radius 2 is 1.56 bits per heavy atom. The summed E-state index contributed by atoms with van der Waals surface area (Å²) in [5.74, 6) is -1.13. The zero-order valence-electron chi connectivity index (χ0n) is 19.1. The van der Waals surface area contributed by atoms with Crippen LogP contribution in [-0.2, 0) is 29.6 Å². The van der Waals surface area contributed by atoms with E-state index < -0.39 is 37.2 Å². The summed E-state index contributed by atoms with van der Waals surface area (Å²) in [5, 5.41) is 3.72. The van der Waals surface area contributed by atoms with Gasteiger partial charge in [0.05, 0.1) is 9.79 Å². The summed E-state index contributed by atoms with van der Waals surface area (Å²) in [4.78, 5) is 25.9. The molecule has 2 unspecified atom stereocenters. The van der Waals surface area contributed by atoms with E-state index in [1.54, 1.807) is 24.3 Å². The second kappa shape index (κ2) is 10.2. The molecular formula is C23H24N4O6S3. The van der Waals surface area contributed by atoms with Crippen LogP contribution in [0.2, 0.25) is 0 Å². The number of fused-ring (bicyclic) bond motifs is 1. The zero-order valence-corrected chi connectivity index (χ0v) is 21.6. The topological polar surface area (TPSA) is 142 Å². The predicted molar refractivity (Wildman–Crippen MR) is 138 cm³/mol. The van der Waals surface area contributed by atoms with Gasteiger partial charge >= 0.3 is 0 Å². The lowest BCUT2D eigenvalue weighted by Gasteiger charge is -2.23. The van der Waals surface area contributed by atoms with Crippen LogP contribution < -0.4 is 15.6 Å². The predicted octanol–water partition coefficient (Wildman–Crippen LogP) is 1.87. The van der Waals surface area contributed by atoms with Gasteiger partial charge in [-0.05, 0) is 53.6 Å². The van der Waals surface area contributed by atoms with E-state index in [1.165, 1.54) is 37.3 Å². The van der Waals surface area contributed by atoms with Crippen molar-refractivity contribution < 1.29 is 26.4 Å². The lowest BCUT2D eigenvalue weighted by atomic mass is 10.1. The van der Waals surface area contributed by atoms with Crippen molar-refractivity contribution in [3.8, 4) is 0 Å². The Hall–Kier alpha value is -2.97. The third kappa shape index (κ3) is 5.55. The second-order valence-corrected chi connectivity index (χ2v) is 12.6. The molecule has 10 nitrogen and oxygen atoms in total. The number of sulfonamides is 2. The fourth-order valence-electron chi connectivity index (χ4n) is 3.93. The number of rotatable bonds is 7. The van der Waals surface area contributed by atoms with Gasteiger partial charge in [0.25, 0.3) is 15.9 Å². The Morgan fingerprint density at radius 1 is 0.917 bits per heavy atom. The quantitative estimate of drug-likeness (QED) is 0.262. The lowest BCUT2D eigenvalue weighted by Crippen LogP contribution is -2.51. The molecule has 0 aromatic heterocycles. The molecule has 3 aromatic carbocycles. The maximum atomic E-state index is 13.4. The minimum absolute atomic E-state index is 0.00623. The molecule has 0 bridgehead atoms. The van der Waals surface area contributed by atoms with Gasteiger partial charge in [-0.2, -0.15) is 16.9 Å². The van der Waals surface area contributed by atoms with Crippen molar-refractivity contribution in [1.29, 1.82) is 0 Å². The molecule has 3 N–H and O–H groups in total. The Labute approximate surface area is 214 Å². The molecule has 1 saturated heterocycles. The van der Waals surface area contributed by atoms with Gasteiger partial charge in [-0.15, -0.1) is 4.83 Å². The number of hydrazine groups is 1. The van der Waals surface area contributed by atoms with Crippen molar-refractivity contribution in [3.05, 3.63) is 66.7 Å². The van der Waals surface area contributed by atoms with Crippen molar-refractivity contribution in [2.75, 3.05) is 11.9 Å². The summed E-state index contributed by atoms with van der Waals surface area (Å²) in [6, 6.07) is 16.2. The molecule has 2 atom stereocenters. The summed E-state index contributed by atoms with van der Waals surface area (Å²) < 4.78 is 53.1. The molecule has 0 radical (unpaired) electrons. The summed E-state index contributed by atoms with van der Waals surface area (Å²) in [6.45, 7) is 1.32. The number of benzene rings is 3. The first kappa shape index (κ1) is 26.1. The van der Waals surface area contributed by atoms with E-state index in [0.29, 0.717) is 5.69 Å². The van der Waals surface area contributed by atoms with Crippen LogP contribution in [0.1, 0.15) is 13.3 Å². The summed E-state index contributed by atoms with van der Waals surface area (Å²) in [6.07, 6.45) is 0.106. The molecular weight excluding hydrogens is 524 g/mol. The summed E-state index contributed by atoms with van der Waals surface area (Å²) in [5.41, 5.74) is 2.54. The van der Waals surface area contributed by atoms with E-state index in [0.717, 1.165) is 15.1 Å². The smallest absolute Gasteiger partial charge is 0.257 e. The molecule has 1 aliphatic heterocycles. The molecule has 0 spiro atoms. The van der Waals surface area contributed by atoms with Gasteiger partial charge < -0.3 is 5.32 Å². The van der Waals surface area contributed by atoms with E-state index >= 15 is 0 Å².